The summed E-state index contributed by atoms with van der Waals surface area (Å²) in [6.45, 7) is 5.34. The number of ketones is 1. The van der Waals surface area contributed by atoms with E-state index in [9.17, 15) is 9.59 Å². The molecule has 0 radical (unpaired) electrons. The molecular formula is C22H26N2O2. The lowest BCUT2D eigenvalue weighted by molar-refractivity contribution is 0.0903. The highest BCUT2D eigenvalue weighted by atomic mass is 16.2. The summed E-state index contributed by atoms with van der Waals surface area (Å²) in [7, 11) is 0. The predicted molar refractivity (Wildman–Crippen MR) is 104 cm³/mol. The average Bonchev–Trinajstić information content (AvgIpc) is 2.70. The Hall–Kier alpha value is -2.46. The van der Waals surface area contributed by atoms with Gasteiger partial charge in [-0.25, -0.2) is 0 Å². The summed E-state index contributed by atoms with van der Waals surface area (Å²) < 4.78 is 0. The van der Waals surface area contributed by atoms with Crippen LogP contribution < -0.4 is 5.32 Å². The molecule has 4 nitrogen and oxygen atoms in total. The molecule has 0 saturated carbocycles. The number of hydrogen-bond donors (Lipinski definition) is 1. The molecular weight excluding hydrogens is 324 g/mol. The van der Waals surface area contributed by atoms with Gasteiger partial charge >= 0.3 is 0 Å². The van der Waals surface area contributed by atoms with Gasteiger partial charge in [0.05, 0.1) is 5.56 Å². The zero-order chi connectivity index (χ0) is 18.4. The van der Waals surface area contributed by atoms with Gasteiger partial charge < -0.3 is 10.2 Å². The molecule has 1 aliphatic rings. The van der Waals surface area contributed by atoms with Crippen LogP contribution in [-0.2, 0) is 0 Å². The molecule has 26 heavy (non-hydrogen) atoms. The van der Waals surface area contributed by atoms with E-state index < -0.39 is 0 Å². The molecule has 0 unspecified atom stereocenters. The molecule has 1 amide bonds. The van der Waals surface area contributed by atoms with E-state index in [-0.39, 0.29) is 17.7 Å². The molecule has 0 aromatic heterocycles. The third-order valence-electron chi connectivity index (χ3n) is 4.91. The molecule has 0 bridgehead atoms. The number of hydrogen-bond acceptors (Lipinski definition) is 3. The van der Waals surface area contributed by atoms with Crippen molar-refractivity contribution in [1.29, 1.82) is 0 Å². The van der Waals surface area contributed by atoms with Gasteiger partial charge in [0, 0.05) is 30.3 Å². The van der Waals surface area contributed by atoms with Crippen molar-refractivity contribution >= 4 is 11.7 Å². The minimum atomic E-state index is -0.154. The van der Waals surface area contributed by atoms with Crippen molar-refractivity contribution in [3.63, 3.8) is 0 Å². The van der Waals surface area contributed by atoms with Crippen molar-refractivity contribution < 1.29 is 9.59 Å². The molecule has 0 aliphatic carbocycles. The van der Waals surface area contributed by atoms with E-state index in [4.69, 9.17) is 0 Å². The van der Waals surface area contributed by atoms with Gasteiger partial charge in [0.1, 0.15) is 0 Å². The molecule has 4 heteroatoms. The van der Waals surface area contributed by atoms with Crippen LogP contribution in [-0.4, -0.2) is 42.3 Å². The third-order valence-corrected chi connectivity index (χ3v) is 4.91. The van der Waals surface area contributed by atoms with Crippen LogP contribution in [0.2, 0.25) is 0 Å². The fraction of sp³-hybridized carbons (Fsp3) is 0.364. The van der Waals surface area contributed by atoms with Crippen molar-refractivity contribution in [2.24, 2.45) is 0 Å². The minimum Gasteiger partial charge on any atom is -0.349 e. The number of benzene rings is 2. The van der Waals surface area contributed by atoms with Crippen molar-refractivity contribution in [1.82, 2.24) is 10.2 Å². The average molecular weight is 350 g/mol. The van der Waals surface area contributed by atoms with Gasteiger partial charge in [-0.15, -0.1) is 0 Å². The smallest absolute Gasteiger partial charge is 0.252 e. The standard InChI is InChI=1S/C22H26N2O2/c1-2-14-24-15-12-18(13-16-24)23-22(26)20-11-7-6-10-19(20)21(25)17-8-4-3-5-9-17/h3-11,18H,2,12-16H2,1H3,(H,23,26). The number of piperidine rings is 1. The zero-order valence-electron chi connectivity index (χ0n) is 15.3. The first-order valence-electron chi connectivity index (χ1n) is 9.41. The van der Waals surface area contributed by atoms with Crippen LogP contribution in [0.5, 0.6) is 0 Å². The van der Waals surface area contributed by atoms with E-state index in [2.05, 4.69) is 17.1 Å². The van der Waals surface area contributed by atoms with Crippen molar-refractivity contribution in [3.8, 4) is 0 Å². The van der Waals surface area contributed by atoms with E-state index in [1.54, 1.807) is 36.4 Å². The van der Waals surface area contributed by atoms with Gasteiger partial charge in [0.2, 0.25) is 0 Å². The summed E-state index contributed by atoms with van der Waals surface area (Å²) in [5.74, 6) is -0.270. The summed E-state index contributed by atoms with van der Waals surface area (Å²) in [6.07, 6.45) is 3.08. The molecule has 1 heterocycles. The Morgan fingerprint density at radius 3 is 2.23 bits per heavy atom. The first-order chi connectivity index (χ1) is 12.7. The molecule has 1 N–H and O–H groups in total. The van der Waals surface area contributed by atoms with E-state index in [1.165, 1.54) is 0 Å². The first kappa shape index (κ1) is 18.3. The van der Waals surface area contributed by atoms with Crippen LogP contribution in [0.3, 0.4) is 0 Å². The zero-order valence-corrected chi connectivity index (χ0v) is 15.3. The summed E-state index contributed by atoms with van der Waals surface area (Å²) >= 11 is 0. The number of carbonyl (C=O) groups is 2. The third kappa shape index (κ3) is 4.38. The Morgan fingerprint density at radius 1 is 0.962 bits per heavy atom. The molecule has 1 fully saturated rings. The second kappa shape index (κ2) is 8.77. The first-order valence-corrected chi connectivity index (χ1v) is 9.41. The molecule has 0 atom stereocenters. The van der Waals surface area contributed by atoms with Gasteiger partial charge in [-0.3, -0.25) is 9.59 Å². The predicted octanol–water partition coefficient (Wildman–Crippen LogP) is 3.52. The van der Waals surface area contributed by atoms with Gasteiger partial charge in [0.25, 0.3) is 5.91 Å². The maximum Gasteiger partial charge on any atom is 0.252 e. The Kier molecular flexibility index (Phi) is 6.18. The topological polar surface area (TPSA) is 49.4 Å². The quantitative estimate of drug-likeness (QED) is 0.811. The molecule has 0 spiro atoms. The maximum absolute atomic E-state index is 12.8. The lowest BCUT2D eigenvalue weighted by Gasteiger charge is -2.32. The van der Waals surface area contributed by atoms with E-state index in [1.807, 2.05) is 18.2 Å². The lowest BCUT2D eigenvalue weighted by Crippen LogP contribution is -2.45. The highest BCUT2D eigenvalue weighted by Gasteiger charge is 2.23. The van der Waals surface area contributed by atoms with Gasteiger partial charge in [-0.05, 0) is 31.9 Å². The summed E-state index contributed by atoms with van der Waals surface area (Å²) in [5.41, 5.74) is 1.51. The summed E-state index contributed by atoms with van der Waals surface area (Å²) in [6, 6.07) is 16.3. The Balaban J connectivity index is 1.70. The van der Waals surface area contributed by atoms with Crippen LogP contribution in [0.4, 0.5) is 0 Å². The minimum absolute atomic E-state index is 0.117. The maximum atomic E-state index is 12.8. The molecule has 3 rings (SSSR count). The van der Waals surface area contributed by atoms with Crippen LogP contribution in [0.15, 0.2) is 54.6 Å². The molecule has 136 valence electrons. The second-order valence-corrected chi connectivity index (χ2v) is 6.83. The van der Waals surface area contributed by atoms with Crippen LogP contribution >= 0.6 is 0 Å². The van der Waals surface area contributed by atoms with E-state index in [0.29, 0.717) is 16.7 Å². The van der Waals surface area contributed by atoms with Crippen LogP contribution in [0.25, 0.3) is 0 Å². The monoisotopic (exact) mass is 350 g/mol. The van der Waals surface area contributed by atoms with E-state index >= 15 is 0 Å². The van der Waals surface area contributed by atoms with Crippen molar-refractivity contribution in [2.75, 3.05) is 19.6 Å². The van der Waals surface area contributed by atoms with Crippen molar-refractivity contribution in [3.05, 3.63) is 71.3 Å². The summed E-state index contributed by atoms with van der Waals surface area (Å²) in [4.78, 5) is 28.0. The Morgan fingerprint density at radius 2 is 1.58 bits per heavy atom. The second-order valence-electron chi connectivity index (χ2n) is 6.83. The van der Waals surface area contributed by atoms with Crippen LogP contribution in [0.1, 0.15) is 52.5 Å². The van der Waals surface area contributed by atoms with Crippen LogP contribution in [0, 0.1) is 0 Å². The normalized spacial score (nSPS) is 15.6. The highest BCUT2D eigenvalue weighted by Crippen LogP contribution is 2.17. The molecule has 1 aliphatic heterocycles. The number of likely N-dealkylation sites (tertiary alicyclic amines) is 1. The van der Waals surface area contributed by atoms with Gasteiger partial charge in [-0.2, -0.15) is 0 Å². The summed E-state index contributed by atoms with van der Waals surface area (Å²) in [5, 5.41) is 3.13. The number of carbonyl (C=O) groups excluding carboxylic acids is 2. The fourth-order valence-corrected chi connectivity index (χ4v) is 3.50. The molecule has 2 aromatic carbocycles. The van der Waals surface area contributed by atoms with Gasteiger partial charge in [-0.1, -0.05) is 55.5 Å². The highest BCUT2D eigenvalue weighted by molar-refractivity contribution is 6.15. The number of rotatable bonds is 6. The van der Waals surface area contributed by atoms with E-state index in [0.717, 1.165) is 38.9 Å². The Bertz CT molecular complexity index is 750. The van der Waals surface area contributed by atoms with Crippen molar-refractivity contribution in [2.45, 2.75) is 32.2 Å². The van der Waals surface area contributed by atoms with Gasteiger partial charge in [0.15, 0.2) is 5.78 Å². The molecule has 1 saturated heterocycles. The number of amides is 1. The Labute approximate surface area is 155 Å². The molecule has 2 aromatic rings. The largest absolute Gasteiger partial charge is 0.349 e. The number of nitrogens with zero attached hydrogens (tertiary/aromatic N) is 1. The lowest BCUT2D eigenvalue weighted by atomic mass is 9.97. The SMILES string of the molecule is CCCN1CCC(NC(=O)c2ccccc2C(=O)c2ccccc2)CC1. The number of nitrogens with one attached hydrogen (secondary N) is 1. The fourth-order valence-electron chi connectivity index (χ4n) is 3.50.